The van der Waals surface area contributed by atoms with Crippen molar-refractivity contribution in [1.29, 1.82) is 0 Å². The molecule has 1 fully saturated rings. The minimum Gasteiger partial charge on any atom is -0.481 e. The molecule has 1 aliphatic carbocycles. The number of sulfonamides is 1. The standard InChI is InChI=1S/C23H30N4O4S.K/c1-3-27-13-10-18(11-14-27)32(29,30)26-23(28)25-22-19-6-4-5-16(19)7-8-20(22)17-9-12-24-21(15-17)31-2;/h7-9,12,15,18H,3-6,10-11,13-14H2,1-2H3,(H2,25,26,28);. The predicted octanol–water partition coefficient (Wildman–Crippen LogP) is 2.80. The molecule has 1 aromatic carbocycles. The number of fused-ring (bicyclic) bond motifs is 1. The number of anilines is 1. The third-order valence-corrected chi connectivity index (χ3v) is 8.25. The summed E-state index contributed by atoms with van der Waals surface area (Å²) in [6.45, 7) is 4.42. The van der Waals surface area contributed by atoms with Gasteiger partial charge in [-0.25, -0.2) is 22.9 Å². The SMILES string of the molecule is CCN1CCC(S(=O)(=O)NC(=O)Nc2c(-c3ccnc(OC)c3)ccc3c2CCC3)CC1.[K]. The van der Waals surface area contributed by atoms with Crippen LogP contribution in [0.2, 0.25) is 0 Å². The van der Waals surface area contributed by atoms with Gasteiger partial charge in [-0.15, -0.1) is 0 Å². The third kappa shape index (κ3) is 6.16. The Kier molecular flexibility index (Phi) is 9.36. The maximum atomic E-state index is 12.8. The smallest absolute Gasteiger partial charge is 0.332 e. The number of pyridine rings is 1. The molecule has 4 rings (SSSR count). The van der Waals surface area contributed by atoms with Gasteiger partial charge in [-0.2, -0.15) is 0 Å². The van der Waals surface area contributed by atoms with Gasteiger partial charge in [-0.1, -0.05) is 19.1 Å². The zero-order chi connectivity index (χ0) is 22.7. The van der Waals surface area contributed by atoms with Gasteiger partial charge in [-0.05, 0) is 74.5 Å². The van der Waals surface area contributed by atoms with Crippen molar-refractivity contribution in [1.82, 2.24) is 14.6 Å². The number of nitrogens with zero attached hydrogens (tertiary/aromatic N) is 2. The Balaban J connectivity index is 0.00000306. The van der Waals surface area contributed by atoms with Crippen molar-refractivity contribution >= 4 is 73.1 Å². The number of benzene rings is 1. The van der Waals surface area contributed by atoms with E-state index in [2.05, 4.69) is 32.9 Å². The van der Waals surface area contributed by atoms with Gasteiger partial charge in [0, 0.05) is 69.2 Å². The number of carbonyl (C=O) groups excluding carboxylic acids is 1. The molecule has 0 atom stereocenters. The zero-order valence-electron chi connectivity index (χ0n) is 19.6. The normalized spacial score (nSPS) is 16.5. The van der Waals surface area contributed by atoms with Crippen LogP contribution < -0.4 is 14.8 Å². The first kappa shape index (κ1) is 26.6. The van der Waals surface area contributed by atoms with Crippen LogP contribution in [0, 0.1) is 0 Å². The van der Waals surface area contributed by atoms with E-state index in [1.807, 2.05) is 12.1 Å². The van der Waals surface area contributed by atoms with Crippen LogP contribution in [-0.4, -0.2) is 108 Å². The zero-order valence-corrected chi connectivity index (χ0v) is 23.5. The monoisotopic (exact) mass is 497 g/mol. The van der Waals surface area contributed by atoms with Gasteiger partial charge < -0.3 is 15.0 Å². The summed E-state index contributed by atoms with van der Waals surface area (Å²) < 4.78 is 33.2. The largest absolute Gasteiger partial charge is 0.481 e. The Bertz CT molecular complexity index is 1100. The molecule has 1 aliphatic heterocycles. The molecule has 0 spiro atoms. The Morgan fingerprint density at radius 2 is 1.97 bits per heavy atom. The van der Waals surface area contributed by atoms with Crippen molar-refractivity contribution in [3.8, 4) is 17.0 Å². The van der Waals surface area contributed by atoms with E-state index in [-0.39, 0.29) is 51.4 Å². The van der Waals surface area contributed by atoms with Crippen LogP contribution >= 0.6 is 0 Å². The average molecular weight is 498 g/mol. The van der Waals surface area contributed by atoms with E-state index < -0.39 is 21.3 Å². The average Bonchev–Trinajstić information content (AvgIpc) is 3.28. The number of hydrogen-bond donors (Lipinski definition) is 2. The molecular formula is C23H30KN4O4S. The first-order valence-electron chi connectivity index (χ1n) is 11.1. The summed E-state index contributed by atoms with van der Waals surface area (Å²) in [5, 5.41) is 2.31. The number of methoxy groups -OCH3 is 1. The summed E-state index contributed by atoms with van der Waals surface area (Å²) in [5.41, 5.74) is 4.55. The Morgan fingerprint density at radius 3 is 2.67 bits per heavy atom. The van der Waals surface area contributed by atoms with Crippen molar-refractivity contribution in [3.05, 3.63) is 41.6 Å². The van der Waals surface area contributed by atoms with Crippen LogP contribution in [-0.2, 0) is 22.9 Å². The molecule has 1 radical (unpaired) electrons. The van der Waals surface area contributed by atoms with Crippen LogP contribution in [0.5, 0.6) is 5.88 Å². The van der Waals surface area contributed by atoms with Crippen molar-refractivity contribution in [2.45, 2.75) is 44.3 Å². The minimum atomic E-state index is -3.76. The fraction of sp³-hybridized carbons (Fsp3) is 0.478. The molecule has 10 heteroatoms. The van der Waals surface area contributed by atoms with Crippen LogP contribution in [0.15, 0.2) is 30.5 Å². The molecule has 0 bridgehead atoms. The molecule has 0 saturated carbocycles. The van der Waals surface area contributed by atoms with Crippen LogP contribution in [0.4, 0.5) is 10.5 Å². The molecule has 173 valence electrons. The first-order valence-corrected chi connectivity index (χ1v) is 12.7. The molecule has 2 N–H and O–H groups in total. The molecule has 33 heavy (non-hydrogen) atoms. The maximum absolute atomic E-state index is 12.8. The number of rotatable bonds is 6. The van der Waals surface area contributed by atoms with E-state index in [1.165, 1.54) is 5.56 Å². The van der Waals surface area contributed by atoms with E-state index in [0.717, 1.165) is 55.6 Å². The second kappa shape index (κ2) is 11.6. The van der Waals surface area contributed by atoms with Crippen molar-refractivity contribution in [2.75, 3.05) is 32.1 Å². The molecule has 1 saturated heterocycles. The van der Waals surface area contributed by atoms with Gasteiger partial charge in [0.2, 0.25) is 15.9 Å². The molecule has 2 amide bonds. The quantitative estimate of drug-likeness (QED) is 0.596. The summed E-state index contributed by atoms with van der Waals surface area (Å²) >= 11 is 0. The first-order chi connectivity index (χ1) is 15.4. The van der Waals surface area contributed by atoms with Crippen molar-refractivity contribution < 1.29 is 17.9 Å². The van der Waals surface area contributed by atoms with Gasteiger partial charge in [0.25, 0.3) is 0 Å². The molecular weight excluding hydrogens is 467 g/mol. The number of carbonyl (C=O) groups is 1. The second-order valence-electron chi connectivity index (χ2n) is 8.30. The van der Waals surface area contributed by atoms with Gasteiger partial charge in [0.1, 0.15) is 0 Å². The number of urea groups is 1. The molecule has 2 heterocycles. The fourth-order valence-corrected chi connectivity index (χ4v) is 5.93. The number of aromatic nitrogens is 1. The molecule has 2 aromatic rings. The molecule has 0 unspecified atom stereocenters. The Morgan fingerprint density at radius 1 is 1.21 bits per heavy atom. The summed E-state index contributed by atoms with van der Waals surface area (Å²) in [6.07, 6.45) is 5.49. The number of piperidine rings is 1. The number of nitrogens with one attached hydrogen (secondary N) is 2. The van der Waals surface area contributed by atoms with Crippen molar-refractivity contribution in [3.63, 3.8) is 0 Å². The molecule has 8 nitrogen and oxygen atoms in total. The van der Waals surface area contributed by atoms with Crippen LogP contribution in [0.25, 0.3) is 11.1 Å². The number of likely N-dealkylation sites (tertiary alicyclic amines) is 1. The minimum absolute atomic E-state index is 0. The van der Waals surface area contributed by atoms with Gasteiger partial charge in [0.05, 0.1) is 18.0 Å². The van der Waals surface area contributed by atoms with Crippen LogP contribution in [0.1, 0.15) is 37.3 Å². The predicted molar refractivity (Wildman–Crippen MR) is 130 cm³/mol. The van der Waals surface area contributed by atoms with E-state index >= 15 is 0 Å². The van der Waals surface area contributed by atoms with E-state index in [1.54, 1.807) is 19.4 Å². The molecule has 2 aliphatic rings. The topological polar surface area (TPSA) is 101 Å². The fourth-order valence-electron chi connectivity index (χ4n) is 4.63. The van der Waals surface area contributed by atoms with Crippen molar-refractivity contribution in [2.24, 2.45) is 0 Å². The van der Waals surface area contributed by atoms with Gasteiger partial charge >= 0.3 is 6.03 Å². The number of amides is 2. The molecule has 1 aromatic heterocycles. The van der Waals surface area contributed by atoms with Gasteiger partial charge in [-0.3, -0.25) is 0 Å². The van der Waals surface area contributed by atoms with Gasteiger partial charge in [0.15, 0.2) is 0 Å². The number of ether oxygens (including phenoxy) is 1. The summed E-state index contributed by atoms with van der Waals surface area (Å²) in [4.78, 5) is 19.2. The maximum Gasteiger partial charge on any atom is 0.332 e. The second-order valence-corrected chi connectivity index (χ2v) is 10.3. The third-order valence-electron chi connectivity index (χ3n) is 6.43. The van der Waals surface area contributed by atoms with E-state index in [0.29, 0.717) is 24.4 Å². The van der Waals surface area contributed by atoms with E-state index in [9.17, 15) is 13.2 Å². The number of aryl methyl sites for hydroxylation is 1. The number of hydrogen-bond acceptors (Lipinski definition) is 6. The van der Waals surface area contributed by atoms with Crippen LogP contribution in [0.3, 0.4) is 0 Å². The Hall–Kier alpha value is -1.01. The summed E-state index contributed by atoms with van der Waals surface area (Å²) in [7, 11) is -2.20. The summed E-state index contributed by atoms with van der Waals surface area (Å²) in [6, 6.07) is 6.97. The Labute approximate surface area is 238 Å². The van der Waals surface area contributed by atoms with E-state index in [4.69, 9.17) is 4.74 Å². The summed E-state index contributed by atoms with van der Waals surface area (Å²) in [5.74, 6) is 0.472.